The SMILES string of the molecule is CC(C)CCOc1ccc(Br)cc1C(=O)NC(=S)Nc1ccccc1C(=O)N1CCCC1. The number of nitrogens with one attached hydrogen (secondary N) is 2. The van der Waals surface area contributed by atoms with Gasteiger partial charge in [0.2, 0.25) is 0 Å². The highest BCUT2D eigenvalue weighted by molar-refractivity contribution is 9.10. The molecule has 2 amide bonds. The minimum Gasteiger partial charge on any atom is -0.493 e. The van der Waals surface area contributed by atoms with E-state index in [1.165, 1.54) is 0 Å². The maximum atomic E-state index is 12.9. The van der Waals surface area contributed by atoms with E-state index in [2.05, 4.69) is 40.4 Å². The number of halogens is 1. The molecule has 2 N–H and O–H groups in total. The molecule has 1 fully saturated rings. The van der Waals surface area contributed by atoms with Gasteiger partial charge in [-0.2, -0.15) is 0 Å². The Kier molecular flexibility index (Phi) is 8.64. The van der Waals surface area contributed by atoms with Crippen LogP contribution >= 0.6 is 28.1 Å². The number of hydrogen-bond acceptors (Lipinski definition) is 4. The zero-order valence-electron chi connectivity index (χ0n) is 18.3. The van der Waals surface area contributed by atoms with Gasteiger partial charge in [-0.05, 0) is 67.7 Å². The van der Waals surface area contributed by atoms with Crippen LogP contribution in [0.2, 0.25) is 0 Å². The Balaban J connectivity index is 1.69. The minimum absolute atomic E-state index is 0.0347. The molecule has 1 aliphatic rings. The van der Waals surface area contributed by atoms with Crippen molar-refractivity contribution in [3.05, 3.63) is 58.1 Å². The summed E-state index contributed by atoms with van der Waals surface area (Å²) in [5.41, 5.74) is 1.48. The topological polar surface area (TPSA) is 70.7 Å². The van der Waals surface area contributed by atoms with Crippen molar-refractivity contribution in [2.75, 3.05) is 25.0 Å². The largest absolute Gasteiger partial charge is 0.493 e. The Morgan fingerprint density at radius 3 is 2.56 bits per heavy atom. The second-order valence-corrected chi connectivity index (χ2v) is 9.45. The molecule has 2 aromatic carbocycles. The maximum absolute atomic E-state index is 12.9. The summed E-state index contributed by atoms with van der Waals surface area (Å²) < 4.78 is 6.60. The van der Waals surface area contributed by atoms with Crippen molar-refractivity contribution in [2.45, 2.75) is 33.1 Å². The summed E-state index contributed by atoms with van der Waals surface area (Å²) in [5.74, 6) is 0.584. The van der Waals surface area contributed by atoms with Crippen molar-refractivity contribution in [2.24, 2.45) is 5.92 Å². The molecule has 1 saturated heterocycles. The first-order valence-electron chi connectivity index (χ1n) is 10.8. The number of thiocarbonyl (C=S) groups is 1. The molecule has 0 unspecified atom stereocenters. The highest BCUT2D eigenvalue weighted by atomic mass is 79.9. The molecule has 0 aliphatic carbocycles. The maximum Gasteiger partial charge on any atom is 0.261 e. The lowest BCUT2D eigenvalue weighted by Gasteiger charge is -2.19. The number of likely N-dealkylation sites (tertiary alicyclic amines) is 1. The summed E-state index contributed by atoms with van der Waals surface area (Å²) in [6, 6.07) is 12.5. The van der Waals surface area contributed by atoms with Crippen molar-refractivity contribution in [1.29, 1.82) is 0 Å². The van der Waals surface area contributed by atoms with Gasteiger partial charge in [-0.15, -0.1) is 0 Å². The first-order valence-corrected chi connectivity index (χ1v) is 12.0. The van der Waals surface area contributed by atoms with E-state index in [1.54, 1.807) is 24.3 Å². The van der Waals surface area contributed by atoms with Crippen molar-refractivity contribution < 1.29 is 14.3 Å². The zero-order valence-corrected chi connectivity index (χ0v) is 20.7. The molecule has 0 aromatic heterocycles. The lowest BCUT2D eigenvalue weighted by molar-refractivity contribution is 0.0793. The van der Waals surface area contributed by atoms with Crippen LogP contribution in [0, 0.1) is 5.92 Å². The molecule has 6 nitrogen and oxygen atoms in total. The van der Waals surface area contributed by atoms with Crippen LogP contribution < -0.4 is 15.4 Å². The summed E-state index contributed by atoms with van der Waals surface area (Å²) in [4.78, 5) is 27.6. The zero-order chi connectivity index (χ0) is 23.1. The van der Waals surface area contributed by atoms with Crippen molar-refractivity contribution in [3.63, 3.8) is 0 Å². The molecular formula is C24H28BrN3O3S. The average molecular weight is 518 g/mol. The molecule has 170 valence electrons. The van der Waals surface area contributed by atoms with Gasteiger partial charge >= 0.3 is 0 Å². The van der Waals surface area contributed by atoms with E-state index in [-0.39, 0.29) is 16.9 Å². The van der Waals surface area contributed by atoms with Crippen LogP contribution in [0.5, 0.6) is 5.75 Å². The fourth-order valence-electron chi connectivity index (χ4n) is 3.40. The predicted octanol–water partition coefficient (Wildman–Crippen LogP) is 5.24. The number of amides is 2. The van der Waals surface area contributed by atoms with Crippen LogP contribution in [0.4, 0.5) is 5.69 Å². The van der Waals surface area contributed by atoms with Crippen molar-refractivity contribution >= 4 is 50.8 Å². The van der Waals surface area contributed by atoms with Crippen molar-refractivity contribution in [3.8, 4) is 5.75 Å². The summed E-state index contributed by atoms with van der Waals surface area (Å²) in [6.45, 7) is 6.28. The number of benzene rings is 2. The van der Waals surface area contributed by atoms with Gasteiger partial charge in [-0.3, -0.25) is 14.9 Å². The van der Waals surface area contributed by atoms with Crippen LogP contribution in [0.15, 0.2) is 46.9 Å². The van der Waals surface area contributed by atoms with Gasteiger partial charge in [0.15, 0.2) is 5.11 Å². The molecule has 0 spiro atoms. The van der Waals surface area contributed by atoms with E-state index >= 15 is 0 Å². The van der Waals surface area contributed by atoms with Gasteiger partial charge in [0.1, 0.15) is 5.75 Å². The van der Waals surface area contributed by atoms with Crippen molar-refractivity contribution in [1.82, 2.24) is 10.2 Å². The number of ether oxygens (including phenoxy) is 1. The average Bonchev–Trinajstić information content (AvgIpc) is 3.29. The number of hydrogen-bond donors (Lipinski definition) is 2. The number of anilines is 1. The van der Waals surface area contributed by atoms with Crippen LogP contribution in [0.25, 0.3) is 0 Å². The van der Waals surface area contributed by atoms with Gasteiger partial charge in [-0.25, -0.2) is 0 Å². The lowest BCUT2D eigenvalue weighted by Crippen LogP contribution is -2.35. The van der Waals surface area contributed by atoms with Gasteiger partial charge < -0.3 is 15.0 Å². The Morgan fingerprint density at radius 1 is 1.12 bits per heavy atom. The fraction of sp³-hybridized carbons (Fsp3) is 0.375. The van der Waals surface area contributed by atoms with E-state index in [4.69, 9.17) is 17.0 Å². The molecule has 8 heteroatoms. The molecule has 0 bridgehead atoms. The number of nitrogens with zero attached hydrogens (tertiary/aromatic N) is 1. The molecule has 1 heterocycles. The number of carbonyl (C=O) groups is 2. The minimum atomic E-state index is -0.383. The van der Waals surface area contributed by atoms with E-state index in [0.29, 0.717) is 35.1 Å². The summed E-state index contributed by atoms with van der Waals surface area (Å²) in [5, 5.41) is 5.83. The highest BCUT2D eigenvalue weighted by Crippen LogP contribution is 2.24. The third-order valence-corrected chi connectivity index (χ3v) is 5.86. The molecule has 0 atom stereocenters. The third-order valence-electron chi connectivity index (χ3n) is 5.17. The Labute approximate surface area is 202 Å². The quantitative estimate of drug-likeness (QED) is 0.491. The fourth-order valence-corrected chi connectivity index (χ4v) is 3.97. The number of rotatable bonds is 7. The summed E-state index contributed by atoms with van der Waals surface area (Å²) >= 11 is 8.78. The van der Waals surface area contributed by atoms with E-state index in [0.717, 1.165) is 36.8 Å². The normalized spacial score (nSPS) is 13.2. The van der Waals surface area contributed by atoms with E-state index < -0.39 is 0 Å². The Morgan fingerprint density at radius 2 is 1.84 bits per heavy atom. The van der Waals surface area contributed by atoms with Crippen LogP contribution in [-0.4, -0.2) is 41.5 Å². The van der Waals surface area contributed by atoms with Gasteiger partial charge in [0.25, 0.3) is 11.8 Å². The monoisotopic (exact) mass is 517 g/mol. The molecule has 0 radical (unpaired) electrons. The smallest absolute Gasteiger partial charge is 0.261 e. The van der Waals surface area contributed by atoms with Gasteiger partial charge in [-0.1, -0.05) is 41.9 Å². The molecule has 1 aliphatic heterocycles. The molecular weight excluding hydrogens is 490 g/mol. The second-order valence-electron chi connectivity index (χ2n) is 8.12. The van der Waals surface area contributed by atoms with E-state index in [1.807, 2.05) is 23.1 Å². The van der Waals surface area contributed by atoms with Crippen LogP contribution in [0.3, 0.4) is 0 Å². The summed E-state index contributed by atoms with van der Waals surface area (Å²) in [6.07, 6.45) is 2.92. The van der Waals surface area contributed by atoms with E-state index in [9.17, 15) is 9.59 Å². The first kappa shape index (κ1) is 24.2. The Hall–Kier alpha value is -2.45. The van der Waals surface area contributed by atoms with Crippen LogP contribution in [-0.2, 0) is 0 Å². The molecule has 0 saturated carbocycles. The molecule has 3 rings (SSSR count). The highest BCUT2D eigenvalue weighted by Gasteiger charge is 2.22. The Bertz CT molecular complexity index is 990. The van der Waals surface area contributed by atoms with Gasteiger partial charge in [0.05, 0.1) is 23.4 Å². The molecule has 32 heavy (non-hydrogen) atoms. The summed E-state index contributed by atoms with van der Waals surface area (Å²) in [7, 11) is 0. The number of para-hydroxylation sites is 1. The second kappa shape index (κ2) is 11.4. The lowest BCUT2D eigenvalue weighted by atomic mass is 10.1. The van der Waals surface area contributed by atoms with Crippen LogP contribution in [0.1, 0.15) is 53.8 Å². The standard InChI is InChI=1S/C24H28BrN3O3S/c1-16(2)11-14-31-21-10-9-17(25)15-19(21)22(29)27-24(32)26-20-8-4-3-7-18(20)23(30)28-12-5-6-13-28/h3-4,7-10,15-16H,5-6,11-14H2,1-2H3,(H2,26,27,29,32). The predicted molar refractivity (Wildman–Crippen MR) is 134 cm³/mol. The van der Waals surface area contributed by atoms with Gasteiger partial charge in [0, 0.05) is 17.6 Å². The first-order chi connectivity index (χ1) is 15.3. The number of carbonyl (C=O) groups excluding carboxylic acids is 2. The molecule has 2 aromatic rings. The third kappa shape index (κ3) is 6.53.